The number of fused-ring (bicyclic) bond motifs is 2. The molecule has 0 saturated heterocycles. The molecule has 3 unspecified atom stereocenters. The molecule has 1 aliphatic carbocycles. The Balaban J connectivity index is 1.70. The molecular formula is C30H29FN2O3. The van der Waals surface area contributed by atoms with Crippen molar-refractivity contribution in [1.82, 2.24) is 0 Å². The van der Waals surface area contributed by atoms with Gasteiger partial charge in [0, 0.05) is 24.0 Å². The zero-order chi connectivity index (χ0) is 25.4. The molecule has 3 atom stereocenters. The van der Waals surface area contributed by atoms with Crippen LogP contribution in [0.5, 0.6) is 5.75 Å². The number of allylic oxidation sites excluding steroid dienone is 1. The van der Waals surface area contributed by atoms with Gasteiger partial charge in [-0.05, 0) is 47.5 Å². The van der Waals surface area contributed by atoms with E-state index in [9.17, 15) is 14.0 Å². The van der Waals surface area contributed by atoms with Crippen molar-refractivity contribution in [1.29, 1.82) is 0 Å². The molecule has 5 nitrogen and oxygen atoms in total. The van der Waals surface area contributed by atoms with E-state index < -0.39 is 17.8 Å². The molecule has 0 bridgehead atoms. The smallest absolute Gasteiger partial charge is 0.230 e. The Morgan fingerprint density at radius 2 is 1.78 bits per heavy atom. The van der Waals surface area contributed by atoms with Crippen LogP contribution in [-0.4, -0.2) is 18.8 Å². The number of rotatable bonds is 4. The largest absolute Gasteiger partial charge is 0.497 e. The Kier molecular flexibility index (Phi) is 6.35. The van der Waals surface area contributed by atoms with E-state index in [1.807, 2.05) is 62.4 Å². The minimum absolute atomic E-state index is 0.00411. The highest BCUT2D eigenvalue weighted by atomic mass is 19.1. The summed E-state index contributed by atoms with van der Waals surface area (Å²) in [6.45, 7) is 3.68. The Bertz CT molecular complexity index is 1330. The van der Waals surface area contributed by atoms with Crippen LogP contribution in [0, 0.1) is 17.7 Å². The van der Waals surface area contributed by atoms with E-state index in [0.29, 0.717) is 11.3 Å². The summed E-state index contributed by atoms with van der Waals surface area (Å²) in [5, 5.41) is 3.48. The van der Waals surface area contributed by atoms with Crippen LogP contribution >= 0.6 is 0 Å². The van der Waals surface area contributed by atoms with E-state index in [2.05, 4.69) is 11.4 Å². The topological polar surface area (TPSA) is 58.6 Å². The molecule has 1 aliphatic heterocycles. The Labute approximate surface area is 210 Å². The molecule has 36 heavy (non-hydrogen) atoms. The molecule has 0 aromatic heterocycles. The number of nitrogens with one attached hydrogen (secondary N) is 1. The predicted octanol–water partition coefficient (Wildman–Crippen LogP) is 6.25. The summed E-state index contributed by atoms with van der Waals surface area (Å²) in [5.74, 6) is -0.868. The monoisotopic (exact) mass is 484 g/mol. The van der Waals surface area contributed by atoms with Crippen LogP contribution in [0.3, 0.4) is 0 Å². The molecule has 184 valence electrons. The number of para-hydroxylation sites is 2. The minimum Gasteiger partial charge on any atom is -0.497 e. The van der Waals surface area contributed by atoms with Crippen molar-refractivity contribution in [3.8, 4) is 5.75 Å². The maximum atomic E-state index is 14.4. The van der Waals surface area contributed by atoms with E-state index in [1.165, 1.54) is 12.1 Å². The minimum atomic E-state index is -0.678. The van der Waals surface area contributed by atoms with E-state index in [-0.39, 0.29) is 29.9 Å². The first kappa shape index (κ1) is 23.8. The van der Waals surface area contributed by atoms with Crippen molar-refractivity contribution < 1.29 is 18.7 Å². The molecule has 1 amide bonds. The molecular weight excluding hydrogens is 455 g/mol. The molecule has 1 heterocycles. The number of ketones is 1. The second kappa shape index (κ2) is 9.61. The van der Waals surface area contributed by atoms with Crippen LogP contribution in [0.25, 0.3) is 0 Å². The summed E-state index contributed by atoms with van der Waals surface area (Å²) in [4.78, 5) is 29.3. The number of nitrogens with zero attached hydrogens (tertiary/aromatic N) is 1. The number of Topliss-reactive ketones (excluding diaryl/α,β-unsaturated/α-hetero) is 1. The standard InChI is InChI=1S/C30H29FN2O3/c1-18(2)30(35)33-26-10-5-4-9-24(26)32-25-16-21(19-11-13-23(36-3)14-12-19)17-27(34)28(25)29(33)20-7-6-8-22(31)15-20/h4-16,18,21,28-29,32H,17H2,1-3H3. The van der Waals surface area contributed by atoms with E-state index >= 15 is 0 Å². The van der Waals surface area contributed by atoms with Crippen LogP contribution < -0.4 is 15.0 Å². The van der Waals surface area contributed by atoms with E-state index in [0.717, 1.165) is 22.7 Å². The number of halogens is 1. The van der Waals surface area contributed by atoms with Gasteiger partial charge in [0.2, 0.25) is 5.91 Å². The van der Waals surface area contributed by atoms with Gasteiger partial charge in [-0.3, -0.25) is 9.59 Å². The fourth-order valence-electron chi connectivity index (χ4n) is 5.24. The highest BCUT2D eigenvalue weighted by molar-refractivity contribution is 6.02. The lowest BCUT2D eigenvalue weighted by Crippen LogP contribution is -2.44. The Morgan fingerprint density at radius 1 is 1.03 bits per heavy atom. The lowest BCUT2D eigenvalue weighted by atomic mass is 9.76. The third-order valence-corrected chi connectivity index (χ3v) is 6.99. The maximum Gasteiger partial charge on any atom is 0.230 e. The third-order valence-electron chi connectivity index (χ3n) is 6.99. The summed E-state index contributed by atoms with van der Waals surface area (Å²) >= 11 is 0. The second-order valence-electron chi connectivity index (χ2n) is 9.65. The van der Waals surface area contributed by atoms with Crippen molar-refractivity contribution in [2.24, 2.45) is 11.8 Å². The lowest BCUT2D eigenvalue weighted by Gasteiger charge is -2.38. The first-order chi connectivity index (χ1) is 17.4. The van der Waals surface area contributed by atoms with Crippen LogP contribution in [0.1, 0.15) is 43.4 Å². The molecule has 1 N–H and O–H groups in total. The zero-order valence-electron chi connectivity index (χ0n) is 20.6. The molecule has 5 rings (SSSR count). The second-order valence-corrected chi connectivity index (χ2v) is 9.65. The van der Waals surface area contributed by atoms with Gasteiger partial charge < -0.3 is 15.0 Å². The van der Waals surface area contributed by atoms with Gasteiger partial charge in [0.05, 0.1) is 30.4 Å². The SMILES string of the molecule is COc1ccc(C2C=C3Nc4ccccc4N(C(=O)C(C)C)C(c4cccc(F)c4)C3C(=O)C2)cc1. The van der Waals surface area contributed by atoms with Crippen LogP contribution in [-0.2, 0) is 9.59 Å². The summed E-state index contributed by atoms with van der Waals surface area (Å²) in [6, 6.07) is 20.8. The highest BCUT2D eigenvalue weighted by Crippen LogP contribution is 2.48. The third kappa shape index (κ3) is 4.28. The lowest BCUT2D eigenvalue weighted by molar-refractivity contribution is -0.124. The summed E-state index contributed by atoms with van der Waals surface area (Å²) in [5.41, 5.74) is 3.74. The number of anilines is 2. The highest BCUT2D eigenvalue weighted by Gasteiger charge is 2.45. The van der Waals surface area contributed by atoms with Crippen molar-refractivity contribution in [2.75, 3.05) is 17.3 Å². The fourth-order valence-corrected chi connectivity index (χ4v) is 5.24. The number of ether oxygens (including phenoxy) is 1. The molecule has 2 aliphatic rings. The van der Waals surface area contributed by atoms with Crippen molar-refractivity contribution >= 4 is 23.1 Å². The molecule has 0 fully saturated rings. The zero-order valence-corrected chi connectivity index (χ0v) is 20.6. The Hall–Kier alpha value is -3.93. The molecule has 0 spiro atoms. The first-order valence-electron chi connectivity index (χ1n) is 12.2. The number of hydrogen-bond acceptors (Lipinski definition) is 4. The van der Waals surface area contributed by atoms with Gasteiger partial charge in [-0.2, -0.15) is 0 Å². The quantitative estimate of drug-likeness (QED) is 0.476. The number of hydrogen-bond donors (Lipinski definition) is 1. The van der Waals surface area contributed by atoms with Gasteiger partial charge in [0.15, 0.2) is 0 Å². The number of benzene rings is 3. The van der Waals surface area contributed by atoms with Gasteiger partial charge >= 0.3 is 0 Å². The number of methoxy groups -OCH3 is 1. The van der Waals surface area contributed by atoms with Crippen molar-refractivity contribution in [3.63, 3.8) is 0 Å². The first-order valence-corrected chi connectivity index (χ1v) is 12.2. The Morgan fingerprint density at radius 3 is 2.47 bits per heavy atom. The van der Waals surface area contributed by atoms with Gasteiger partial charge in [0.25, 0.3) is 0 Å². The molecule has 0 saturated carbocycles. The number of carbonyl (C=O) groups is 2. The number of amides is 1. The van der Waals surface area contributed by atoms with Crippen LogP contribution in [0.2, 0.25) is 0 Å². The van der Waals surface area contributed by atoms with Crippen molar-refractivity contribution in [3.05, 3.63) is 102 Å². The van der Waals surface area contributed by atoms with Gasteiger partial charge in [-0.1, -0.05) is 56.3 Å². The molecule has 3 aromatic rings. The summed E-state index contributed by atoms with van der Waals surface area (Å²) < 4.78 is 19.7. The summed E-state index contributed by atoms with van der Waals surface area (Å²) in [6.07, 6.45) is 2.37. The van der Waals surface area contributed by atoms with Gasteiger partial charge in [-0.15, -0.1) is 0 Å². The molecule has 6 heteroatoms. The van der Waals surface area contributed by atoms with E-state index in [1.54, 1.807) is 24.1 Å². The molecule has 3 aromatic carbocycles. The van der Waals surface area contributed by atoms with Gasteiger partial charge in [0.1, 0.15) is 17.3 Å². The predicted molar refractivity (Wildman–Crippen MR) is 138 cm³/mol. The van der Waals surface area contributed by atoms with Crippen LogP contribution in [0.4, 0.5) is 15.8 Å². The average Bonchev–Trinajstić information content (AvgIpc) is 3.03. The summed E-state index contributed by atoms with van der Waals surface area (Å²) in [7, 11) is 1.62. The normalized spacial score (nSPS) is 21.1. The fraction of sp³-hybridized carbons (Fsp3) is 0.267. The molecule has 0 radical (unpaired) electrons. The van der Waals surface area contributed by atoms with Crippen molar-refractivity contribution in [2.45, 2.75) is 32.2 Å². The maximum absolute atomic E-state index is 14.4. The average molecular weight is 485 g/mol. The van der Waals surface area contributed by atoms with E-state index in [4.69, 9.17) is 4.74 Å². The van der Waals surface area contributed by atoms with Gasteiger partial charge in [-0.25, -0.2) is 4.39 Å². The number of carbonyl (C=O) groups excluding carboxylic acids is 2. The van der Waals surface area contributed by atoms with Crippen LogP contribution in [0.15, 0.2) is 84.6 Å².